The Morgan fingerprint density at radius 3 is 2.56 bits per heavy atom. The smallest absolute Gasteiger partial charge is 0.156 e. The van der Waals surface area contributed by atoms with Crippen LogP contribution in [-0.4, -0.2) is 21.8 Å². The van der Waals surface area contributed by atoms with E-state index in [0.717, 1.165) is 16.6 Å². The SMILES string of the molecule is C[C@H](NCc1cc(Cl)cc(Cl)c1)C(=O)Cc1nc2ccc(Cl)cc2[nH]1. The molecule has 25 heavy (non-hydrogen) atoms. The van der Waals surface area contributed by atoms with Gasteiger partial charge in [0.05, 0.1) is 23.5 Å². The van der Waals surface area contributed by atoms with Gasteiger partial charge in [-0.25, -0.2) is 4.98 Å². The monoisotopic (exact) mass is 395 g/mol. The molecule has 0 radical (unpaired) electrons. The summed E-state index contributed by atoms with van der Waals surface area (Å²) in [6.07, 6.45) is 0.219. The van der Waals surface area contributed by atoms with Crippen molar-refractivity contribution < 1.29 is 4.79 Å². The number of rotatable bonds is 6. The van der Waals surface area contributed by atoms with Crippen LogP contribution < -0.4 is 5.32 Å². The van der Waals surface area contributed by atoms with Gasteiger partial charge in [0.2, 0.25) is 0 Å². The number of nitrogens with one attached hydrogen (secondary N) is 2. The van der Waals surface area contributed by atoms with E-state index in [1.807, 2.05) is 25.1 Å². The molecule has 0 aliphatic rings. The Kier molecular flexibility index (Phi) is 5.64. The lowest BCUT2D eigenvalue weighted by molar-refractivity contribution is -0.120. The number of Topliss-reactive ketones (excluding diaryl/α,β-unsaturated/α-hetero) is 1. The quantitative estimate of drug-likeness (QED) is 0.628. The lowest BCUT2D eigenvalue weighted by Crippen LogP contribution is -2.34. The van der Waals surface area contributed by atoms with Crippen LogP contribution in [0.4, 0.5) is 0 Å². The van der Waals surface area contributed by atoms with Crippen molar-refractivity contribution in [2.24, 2.45) is 0 Å². The minimum Gasteiger partial charge on any atom is -0.342 e. The van der Waals surface area contributed by atoms with Crippen LogP contribution in [0.5, 0.6) is 0 Å². The molecule has 1 atom stereocenters. The van der Waals surface area contributed by atoms with Gasteiger partial charge in [-0.15, -0.1) is 0 Å². The van der Waals surface area contributed by atoms with Gasteiger partial charge in [0, 0.05) is 21.6 Å². The maximum Gasteiger partial charge on any atom is 0.156 e. The molecule has 1 heterocycles. The van der Waals surface area contributed by atoms with Crippen molar-refractivity contribution >= 4 is 51.6 Å². The predicted molar refractivity (Wildman–Crippen MR) is 103 cm³/mol. The summed E-state index contributed by atoms with van der Waals surface area (Å²) in [6.45, 7) is 2.33. The van der Waals surface area contributed by atoms with Crippen molar-refractivity contribution in [1.29, 1.82) is 0 Å². The second-order valence-electron chi connectivity index (χ2n) is 5.87. The van der Waals surface area contributed by atoms with Crippen molar-refractivity contribution in [3.8, 4) is 0 Å². The zero-order valence-corrected chi connectivity index (χ0v) is 15.7. The lowest BCUT2D eigenvalue weighted by atomic mass is 10.1. The molecule has 7 heteroatoms. The first kappa shape index (κ1) is 18.2. The van der Waals surface area contributed by atoms with Crippen molar-refractivity contribution in [2.75, 3.05) is 0 Å². The Hall–Kier alpha value is -1.59. The normalized spacial score (nSPS) is 12.5. The summed E-state index contributed by atoms with van der Waals surface area (Å²) in [5, 5.41) is 4.96. The average molecular weight is 397 g/mol. The number of imidazole rings is 1. The van der Waals surface area contributed by atoms with Crippen molar-refractivity contribution in [3.63, 3.8) is 0 Å². The molecule has 0 aliphatic heterocycles. The molecule has 1 aromatic heterocycles. The lowest BCUT2D eigenvalue weighted by Gasteiger charge is -2.12. The van der Waals surface area contributed by atoms with E-state index in [1.54, 1.807) is 18.2 Å². The van der Waals surface area contributed by atoms with Gasteiger partial charge in [-0.2, -0.15) is 0 Å². The van der Waals surface area contributed by atoms with Crippen LogP contribution in [-0.2, 0) is 17.8 Å². The van der Waals surface area contributed by atoms with Crippen LogP contribution in [0.1, 0.15) is 18.3 Å². The first-order chi connectivity index (χ1) is 11.9. The summed E-state index contributed by atoms with van der Waals surface area (Å²) < 4.78 is 0. The molecule has 4 nitrogen and oxygen atoms in total. The van der Waals surface area contributed by atoms with Gasteiger partial charge in [0.15, 0.2) is 5.78 Å². The largest absolute Gasteiger partial charge is 0.342 e. The molecule has 0 saturated carbocycles. The molecule has 0 bridgehead atoms. The summed E-state index contributed by atoms with van der Waals surface area (Å²) in [4.78, 5) is 20.0. The Labute approximate surface area is 160 Å². The minimum absolute atomic E-state index is 0.0401. The number of carbonyl (C=O) groups is 1. The summed E-state index contributed by atoms with van der Waals surface area (Å²) >= 11 is 17.9. The van der Waals surface area contributed by atoms with Crippen LogP contribution >= 0.6 is 34.8 Å². The van der Waals surface area contributed by atoms with Gasteiger partial charge < -0.3 is 10.3 Å². The second-order valence-corrected chi connectivity index (χ2v) is 7.18. The zero-order valence-electron chi connectivity index (χ0n) is 13.4. The summed E-state index contributed by atoms with van der Waals surface area (Å²) in [5.74, 6) is 0.667. The summed E-state index contributed by atoms with van der Waals surface area (Å²) in [6, 6.07) is 10.4. The summed E-state index contributed by atoms with van der Waals surface area (Å²) in [5.41, 5.74) is 2.54. The molecule has 0 fully saturated rings. The molecule has 3 aromatic rings. The second kappa shape index (κ2) is 7.75. The standard InChI is InChI=1S/C18H16Cl3N3O/c1-10(22-9-11-4-13(20)6-14(21)5-11)17(25)8-18-23-15-3-2-12(19)7-16(15)24-18/h2-7,10,22H,8-9H2,1H3,(H,23,24)/t10-/m0/s1. The van der Waals surface area contributed by atoms with Gasteiger partial charge in [0.1, 0.15) is 5.82 Å². The van der Waals surface area contributed by atoms with E-state index >= 15 is 0 Å². The Balaban J connectivity index is 1.61. The number of nitrogens with zero attached hydrogens (tertiary/aromatic N) is 1. The molecule has 2 aromatic carbocycles. The fourth-order valence-corrected chi connectivity index (χ4v) is 3.28. The molecule has 0 aliphatic carbocycles. The molecule has 3 rings (SSSR count). The first-order valence-corrected chi connectivity index (χ1v) is 8.89. The molecule has 0 spiro atoms. The highest BCUT2D eigenvalue weighted by molar-refractivity contribution is 6.34. The van der Waals surface area contributed by atoms with E-state index in [2.05, 4.69) is 15.3 Å². The number of hydrogen-bond donors (Lipinski definition) is 2. The number of aromatic amines is 1. The highest BCUT2D eigenvalue weighted by Crippen LogP contribution is 2.19. The van der Waals surface area contributed by atoms with Crippen LogP contribution in [0.3, 0.4) is 0 Å². The molecule has 2 N–H and O–H groups in total. The molecular formula is C18H16Cl3N3O. The number of carbonyl (C=O) groups excluding carboxylic acids is 1. The third kappa shape index (κ3) is 4.73. The van der Waals surface area contributed by atoms with Gasteiger partial charge >= 0.3 is 0 Å². The molecule has 0 unspecified atom stereocenters. The first-order valence-electron chi connectivity index (χ1n) is 7.76. The molecule has 0 saturated heterocycles. The van der Waals surface area contributed by atoms with E-state index in [1.165, 1.54) is 0 Å². The molecule has 0 amide bonds. The van der Waals surface area contributed by atoms with Crippen LogP contribution in [0.2, 0.25) is 15.1 Å². The number of ketones is 1. The van der Waals surface area contributed by atoms with Gasteiger partial charge in [0.25, 0.3) is 0 Å². The van der Waals surface area contributed by atoms with Crippen molar-refractivity contribution in [3.05, 3.63) is 62.9 Å². The van der Waals surface area contributed by atoms with Crippen molar-refractivity contribution in [1.82, 2.24) is 15.3 Å². The number of benzene rings is 2. The van der Waals surface area contributed by atoms with Crippen molar-refractivity contribution in [2.45, 2.75) is 25.9 Å². The maximum absolute atomic E-state index is 12.4. The number of H-pyrrole nitrogens is 1. The van der Waals surface area contributed by atoms with E-state index in [0.29, 0.717) is 27.4 Å². The zero-order chi connectivity index (χ0) is 18.0. The Morgan fingerprint density at radius 2 is 1.84 bits per heavy atom. The number of hydrogen-bond acceptors (Lipinski definition) is 3. The van der Waals surface area contributed by atoms with Crippen LogP contribution in [0, 0.1) is 0 Å². The average Bonchev–Trinajstić information content (AvgIpc) is 2.92. The van der Waals surface area contributed by atoms with E-state index in [4.69, 9.17) is 34.8 Å². The third-order valence-electron chi connectivity index (χ3n) is 3.85. The maximum atomic E-state index is 12.4. The van der Waals surface area contributed by atoms with Gasteiger partial charge in [-0.3, -0.25) is 4.79 Å². The Bertz CT molecular complexity index is 903. The summed E-state index contributed by atoms with van der Waals surface area (Å²) in [7, 11) is 0. The van der Waals surface area contributed by atoms with Crippen LogP contribution in [0.25, 0.3) is 11.0 Å². The molecular weight excluding hydrogens is 381 g/mol. The fraction of sp³-hybridized carbons (Fsp3) is 0.222. The third-order valence-corrected chi connectivity index (χ3v) is 4.52. The predicted octanol–water partition coefficient (Wildman–Crippen LogP) is 4.81. The fourth-order valence-electron chi connectivity index (χ4n) is 2.53. The topological polar surface area (TPSA) is 57.8 Å². The number of halogens is 3. The molecule has 130 valence electrons. The number of fused-ring (bicyclic) bond motifs is 1. The Morgan fingerprint density at radius 1 is 1.12 bits per heavy atom. The van der Waals surface area contributed by atoms with E-state index in [9.17, 15) is 4.79 Å². The van der Waals surface area contributed by atoms with Crippen LogP contribution in [0.15, 0.2) is 36.4 Å². The van der Waals surface area contributed by atoms with Gasteiger partial charge in [-0.1, -0.05) is 34.8 Å². The van der Waals surface area contributed by atoms with E-state index in [-0.39, 0.29) is 18.2 Å². The number of aromatic nitrogens is 2. The highest BCUT2D eigenvalue weighted by Gasteiger charge is 2.15. The van der Waals surface area contributed by atoms with Gasteiger partial charge in [-0.05, 0) is 48.9 Å². The van der Waals surface area contributed by atoms with E-state index < -0.39 is 0 Å². The highest BCUT2D eigenvalue weighted by atomic mass is 35.5. The minimum atomic E-state index is -0.324.